The molecule has 1 aliphatic rings. The fourth-order valence-electron chi connectivity index (χ4n) is 2.12. The lowest BCUT2D eigenvalue weighted by Gasteiger charge is -2.37. The summed E-state index contributed by atoms with van der Waals surface area (Å²) in [4.78, 5) is 7.25. The van der Waals surface area contributed by atoms with Crippen LogP contribution in [0.3, 0.4) is 0 Å². The van der Waals surface area contributed by atoms with Crippen molar-refractivity contribution in [3.8, 4) is 17.7 Å². The summed E-state index contributed by atoms with van der Waals surface area (Å²) in [5, 5.41) is 12.7. The number of H-pyrrole nitrogens is 1. The number of aromatic nitrogens is 3. The predicted octanol–water partition coefficient (Wildman–Crippen LogP) is 1.96. The van der Waals surface area contributed by atoms with Crippen LogP contribution in [0, 0.1) is 11.3 Å². The molecule has 0 bridgehead atoms. The van der Waals surface area contributed by atoms with Crippen molar-refractivity contribution >= 4 is 0 Å². The van der Waals surface area contributed by atoms with Crippen molar-refractivity contribution in [3.05, 3.63) is 23.7 Å². The quantitative estimate of drug-likeness (QED) is 0.891. The summed E-state index contributed by atoms with van der Waals surface area (Å²) in [6, 6.07) is 5.44. The Morgan fingerprint density at radius 1 is 1.50 bits per heavy atom. The monoisotopic (exact) mass is 244 g/mol. The van der Waals surface area contributed by atoms with Gasteiger partial charge in [0.1, 0.15) is 23.1 Å². The number of nitrogens with one attached hydrogen (secondary N) is 1. The first kappa shape index (κ1) is 11.0. The molecule has 0 aliphatic heterocycles. The molecule has 1 fully saturated rings. The normalized spacial score (nSPS) is 17.1. The van der Waals surface area contributed by atoms with Crippen LogP contribution in [-0.2, 0) is 10.3 Å². The van der Waals surface area contributed by atoms with Gasteiger partial charge in [0.25, 0.3) is 5.89 Å². The Morgan fingerprint density at radius 2 is 2.33 bits per heavy atom. The Balaban J connectivity index is 1.92. The SMILES string of the molecule is COC1(c2noc(-c3ccc(C#N)[nH]3)n2)CCC1. The maximum atomic E-state index is 8.75. The summed E-state index contributed by atoms with van der Waals surface area (Å²) in [6.45, 7) is 0. The van der Waals surface area contributed by atoms with Crippen molar-refractivity contribution in [2.45, 2.75) is 24.9 Å². The molecule has 3 rings (SSSR count). The summed E-state index contributed by atoms with van der Waals surface area (Å²) in [5.74, 6) is 0.967. The third kappa shape index (κ3) is 1.52. The third-order valence-corrected chi connectivity index (χ3v) is 3.42. The molecule has 0 atom stereocenters. The van der Waals surface area contributed by atoms with Crippen molar-refractivity contribution in [2.24, 2.45) is 0 Å². The van der Waals surface area contributed by atoms with Crippen LogP contribution in [0.4, 0.5) is 0 Å². The van der Waals surface area contributed by atoms with Crippen molar-refractivity contribution in [1.29, 1.82) is 5.26 Å². The highest BCUT2D eigenvalue weighted by Crippen LogP contribution is 2.43. The largest absolute Gasteiger partial charge is 0.370 e. The van der Waals surface area contributed by atoms with Gasteiger partial charge in [0.05, 0.1) is 0 Å². The van der Waals surface area contributed by atoms with Gasteiger partial charge in [-0.1, -0.05) is 5.16 Å². The zero-order valence-corrected chi connectivity index (χ0v) is 9.93. The summed E-state index contributed by atoms with van der Waals surface area (Å²) < 4.78 is 10.7. The molecule has 2 aromatic rings. The van der Waals surface area contributed by atoms with Crippen molar-refractivity contribution in [3.63, 3.8) is 0 Å². The lowest BCUT2D eigenvalue weighted by molar-refractivity contribution is -0.0858. The molecule has 0 spiro atoms. The van der Waals surface area contributed by atoms with E-state index in [-0.39, 0.29) is 5.60 Å². The Labute approximate surface area is 104 Å². The lowest BCUT2D eigenvalue weighted by Crippen LogP contribution is -2.37. The first-order valence-electron chi connectivity index (χ1n) is 5.76. The number of rotatable bonds is 3. The van der Waals surface area contributed by atoms with Crippen LogP contribution in [0.25, 0.3) is 11.6 Å². The van der Waals surface area contributed by atoms with E-state index in [1.807, 2.05) is 6.07 Å². The second-order valence-electron chi connectivity index (χ2n) is 4.37. The van der Waals surface area contributed by atoms with E-state index >= 15 is 0 Å². The minimum atomic E-state index is -0.383. The molecule has 0 aromatic carbocycles. The molecule has 0 unspecified atom stereocenters. The van der Waals surface area contributed by atoms with Gasteiger partial charge < -0.3 is 14.2 Å². The van der Waals surface area contributed by atoms with Gasteiger partial charge in [-0.25, -0.2) is 0 Å². The highest BCUT2D eigenvalue weighted by atomic mass is 16.5. The minimum absolute atomic E-state index is 0.383. The topological polar surface area (TPSA) is 87.7 Å². The smallest absolute Gasteiger partial charge is 0.274 e. The molecule has 0 radical (unpaired) electrons. The Hall–Kier alpha value is -2.13. The average Bonchev–Trinajstić information content (AvgIpc) is 2.96. The van der Waals surface area contributed by atoms with Crippen molar-refractivity contribution in [1.82, 2.24) is 15.1 Å². The van der Waals surface area contributed by atoms with Gasteiger partial charge in [0.15, 0.2) is 0 Å². The number of hydrogen-bond donors (Lipinski definition) is 1. The number of hydrogen-bond acceptors (Lipinski definition) is 5. The molecule has 1 N–H and O–H groups in total. The molecule has 92 valence electrons. The van der Waals surface area contributed by atoms with E-state index in [2.05, 4.69) is 15.1 Å². The minimum Gasteiger partial charge on any atom is -0.370 e. The molecule has 1 aliphatic carbocycles. The molecule has 2 aromatic heterocycles. The number of aromatic amines is 1. The summed E-state index contributed by atoms with van der Waals surface area (Å²) >= 11 is 0. The van der Waals surface area contributed by atoms with Crippen LogP contribution >= 0.6 is 0 Å². The van der Waals surface area contributed by atoms with Crippen LogP contribution in [0.5, 0.6) is 0 Å². The fourth-order valence-corrected chi connectivity index (χ4v) is 2.12. The summed E-state index contributed by atoms with van der Waals surface area (Å²) in [6.07, 6.45) is 2.94. The zero-order chi connectivity index (χ0) is 12.6. The number of ether oxygens (including phenoxy) is 1. The van der Waals surface area contributed by atoms with Crippen LogP contribution < -0.4 is 0 Å². The Morgan fingerprint density at radius 3 is 2.89 bits per heavy atom. The molecule has 2 heterocycles. The van der Waals surface area contributed by atoms with Crippen LogP contribution in [0.1, 0.15) is 30.8 Å². The molecule has 0 saturated heterocycles. The molecule has 6 heteroatoms. The van der Waals surface area contributed by atoms with Gasteiger partial charge >= 0.3 is 0 Å². The van der Waals surface area contributed by atoms with E-state index in [1.165, 1.54) is 0 Å². The maximum absolute atomic E-state index is 8.75. The third-order valence-electron chi connectivity index (χ3n) is 3.42. The molecular formula is C12H12N4O2. The average molecular weight is 244 g/mol. The van der Waals surface area contributed by atoms with Crippen LogP contribution in [-0.4, -0.2) is 22.2 Å². The van der Waals surface area contributed by atoms with Crippen LogP contribution in [0.15, 0.2) is 16.7 Å². The van der Waals surface area contributed by atoms with E-state index in [0.717, 1.165) is 19.3 Å². The van der Waals surface area contributed by atoms with Crippen molar-refractivity contribution in [2.75, 3.05) is 7.11 Å². The van der Waals surface area contributed by atoms with Gasteiger partial charge in [-0.15, -0.1) is 0 Å². The van der Waals surface area contributed by atoms with E-state index < -0.39 is 0 Å². The second-order valence-corrected chi connectivity index (χ2v) is 4.37. The molecule has 6 nitrogen and oxygen atoms in total. The van der Waals surface area contributed by atoms with E-state index in [0.29, 0.717) is 23.1 Å². The van der Waals surface area contributed by atoms with Gasteiger partial charge in [-0.2, -0.15) is 10.2 Å². The highest BCUT2D eigenvalue weighted by molar-refractivity contribution is 5.49. The summed E-state index contributed by atoms with van der Waals surface area (Å²) in [5.41, 5.74) is 0.734. The van der Waals surface area contributed by atoms with E-state index in [1.54, 1.807) is 19.2 Å². The number of methoxy groups -OCH3 is 1. The number of nitriles is 1. The highest BCUT2D eigenvalue weighted by Gasteiger charge is 2.43. The second kappa shape index (κ2) is 3.96. The maximum Gasteiger partial charge on any atom is 0.274 e. The van der Waals surface area contributed by atoms with Crippen molar-refractivity contribution < 1.29 is 9.26 Å². The van der Waals surface area contributed by atoms with E-state index in [4.69, 9.17) is 14.5 Å². The predicted molar refractivity (Wildman–Crippen MR) is 61.3 cm³/mol. The molecular weight excluding hydrogens is 232 g/mol. The van der Waals surface area contributed by atoms with Gasteiger partial charge in [0, 0.05) is 7.11 Å². The number of nitrogens with zero attached hydrogens (tertiary/aromatic N) is 3. The first-order valence-corrected chi connectivity index (χ1v) is 5.76. The standard InChI is InChI=1S/C12H12N4O2/c1-17-12(5-2-6-12)11-15-10(18-16-11)9-4-3-8(7-13)14-9/h3-4,14H,2,5-6H2,1H3. The van der Waals surface area contributed by atoms with E-state index in [9.17, 15) is 0 Å². The summed E-state index contributed by atoms with van der Waals surface area (Å²) in [7, 11) is 1.66. The lowest BCUT2D eigenvalue weighted by atomic mass is 9.79. The van der Waals surface area contributed by atoms with Crippen LogP contribution in [0.2, 0.25) is 0 Å². The first-order chi connectivity index (χ1) is 8.77. The fraction of sp³-hybridized carbons (Fsp3) is 0.417. The molecule has 1 saturated carbocycles. The molecule has 18 heavy (non-hydrogen) atoms. The molecule has 0 amide bonds. The van der Waals surface area contributed by atoms with Gasteiger partial charge in [-0.3, -0.25) is 0 Å². The van der Waals surface area contributed by atoms with Gasteiger partial charge in [-0.05, 0) is 31.4 Å². The Kier molecular flexibility index (Phi) is 2.42. The van der Waals surface area contributed by atoms with Gasteiger partial charge in [0.2, 0.25) is 5.82 Å². The Bertz CT molecular complexity index is 598. The zero-order valence-electron chi connectivity index (χ0n) is 9.93.